The zero-order chi connectivity index (χ0) is 13.1. The van der Waals surface area contributed by atoms with Crippen LogP contribution in [-0.4, -0.2) is 24.4 Å². The molecule has 0 spiro atoms. The van der Waals surface area contributed by atoms with Gasteiger partial charge in [-0.3, -0.25) is 0 Å². The molecule has 0 aliphatic carbocycles. The van der Waals surface area contributed by atoms with Crippen molar-refractivity contribution in [3.8, 4) is 5.75 Å². The fourth-order valence-electron chi connectivity index (χ4n) is 1.30. The molecule has 1 aromatic rings. The Morgan fingerprint density at radius 3 is 2.41 bits per heavy atom. The van der Waals surface area contributed by atoms with Crippen LogP contribution in [0.25, 0.3) is 5.57 Å². The molecule has 0 atom stereocenters. The van der Waals surface area contributed by atoms with Crippen LogP contribution in [-0.2, 0) is 4.79 Å². The first kappa shape index (κ1) is 13.1. The number of methoxy groups -OCH3 is 1. The molecule has 0 aromatic heterocycles. The minimum absolute atomic E-state index is 0.0303. The van der Waals surface area contributed by atoms with Crippen molar-refractivity contribution < 1.29 is 27.8 Å². The molecular formula is C11H9F3O3. The molecule has 0 fully saturated rings. The molecule has 0 aliphatic heterocycles. The molecule has 0 aliphatic rings. The lowest BCUT2D eigenvalue weighted by atomic mass is 10.0. The number of ether oxygens (including phenoxy) is 1. The molecule has 1 aromatic carbocycles. The Morgan fingerprint density at radius 1 is 1.35 bits per heavy atom. The summed E-state index contributed by atoms with van der Waals surface area (Å²) in [6.07, 6.45) is -4.63. The number of carboxylic acids is 1. The molecule has 3 nitrogen and oxygen atoms in total. The summed E-state index contributed by atoms with van der Waals surface area (Å²) in [6.45, 7) is 0. The summed E-state index contributed by atoms with van der Waals surface area (Å²) >= 11 is 0. The summed E-state index contributed by atoms with van der Waals surface area (Å²) < 4.78 is 42.9. The molecular weight excluding hydrogens is 237 g/mol. The molecule has 1 rings (SSSR count). The van der Waals surface area contributed by atoms with E-state index in [1.54, 1.807) is 0 Å². The van der Waals surface area contributed by atoms with Crippen molar-refractivity contribution in [3.63, 3.8) is 0 Å². The van der Waals surface area contributed by atoms with Gasteiger partial charge in [-0.15, -0.1) is 0 Å². The molecule has 0 saturated carbocycles. The fraction of sp³-hybridized carbons (Fsp3) is 0.182. The van der Waals surface area contributed by atoms with E-state index >= 15 is 0 Å². The predicted octanol–water partition coefficient (Wildman–Crippen LogP) is 2.73. The van der Waals surface area contributed by atoms with Crippen molar-refractivity contribution in [2.75, 3.05) is 7.11 Å². The third-order valence-corrected chi connectivity index (χ3v) is 1.97. The number of hydrogen-bond donors (Lipinski definition) is 1. The maximum Gasteiger partial charge on any atom is 0.417 e. The van der Waals surface area contributed by atoms with Crippen LogP contribution in [0.15, 0.2) is 30.3 Å². The van der Waals surface area contributed by atoms with E-state index in [1.165, 1.54) is 25.3 Å². The minimum atomic E-state index is -4.76. The van der Waals surface area contributed by atoms with Crippen LogP contribution in [0.1, 0.15) is 5.56 Å². The van der Waals surface area contributed by atoms with Crippen molar-refractivity contribution in [1.82, 2.24) is 0 Å². The first-order valence-electron chi connectivity index (χ1n) is 4.51. The molecule has 6 heteroatoms. The van der Waals surface area contributed by atoms with Gasteiger partial charge in [-0.2, -0.15) is 13.2 Å². The third-order valence-electron chi connectivity index (χ3n) is 1.97. The van der Waals surface area contributed by atoms with Crippen LogP contribution in [0, 0.1) is 0 Å². The Balaban J connectivity index is 3.38. The average molecular weight is 246 g/mol. The molecule has 0 unspecified atom stereocenters. The van der Waals surface area contributed by atoms with Gasteiger partial charge in [-0.05, 0) is 6.07 Å². The van der Waals surface area contributed by atoms with Crippen molar-refractivity contribution in [1.29, 1.82) is 0 Å². The van der Waals surface area contributed by atoms with Gasteiger partial charge in [-0.1, -0.05) is 18.2 Å². The number of carbonyl (C=O) groups is 1. The maximum atomic E-state index is 12.7. The molecule has 0 bridgehead atoms. The maximum absolute atomic E-state index is 12.7. The minimum Gasteiger partial charge on any atom is -0.496 e. The first-order valence-corrected chi connectivity index (χ1v) is 4.51. The van der Waals surface area contributed by atoms with E-state index in [0.29, 0.717) is 0 Å². The quantitative estimate of drug-likeness (QED) is 0.834. The lowest BCUT2D eigenvalue weighted by molar-refractivity contribution is -0.131. The van der Waals surface area contributed by atoms with Crippen molar-refractivity contribution >= 4 is 11.5 Å². The smallest absolute Gasteiger partial charge is 0.417 e. The zero-order valence-electron chi connectivity index (χ0n) is 8.78. The van der Waals surface area contributed by atoms with Crippen LogP contribution < -0.4 is 4.74 Å². The number of para-hydroxylation sites is 1. The lowest BCUT2D eigenvalue weighted by Crippen LogP contribution is -2.13. The number of alkyl halides is 3. The second-order valence-electron chi connectivity index (χ2n) is 3.09. The van der Waals surface area contributed by atoms with Crippen molar-refractivity contribution in [2.45, 2.75) is 6.18 Å². The number of benzene rings is 1. The first-order chi connectivity index (χ1) is 7.86. The summed E-state index contributed by atoms with van der Waals surface area (Å²) in [7, 11) is 1.22. The number of aliphatic carboxylic acids is 1. The van der Waals surface area contributed by atoms with E-state index in [9.17, 15) is 18.0 Å². The molecule has 0 amide bonds. The lowest BCUT2D eigenvalue weighted by Gasteiger charge is -2.14. The Morgan fingerprint density at radius 2 is 1.94 bits per heavy atom. The topological polar surface area (TPSA) is 46.5 Å². The van der Waals surface area contributed by atoms with Crippen LogP contribution in [0.5, 0.6) is 5.75 Å². The molecule has 0 saturated heterocycles. The zero-order valence-corrected chi connectivity index (χ0v) is 8.78. The summed E-state index contributed by atoms with van der Waals surface area (Å²) in [5, 5.41) is 8.45. The highest BCUT2D eigenvalue weighted by molar-refractivity contribution is 5.92. The second kappa shape index (κ2) is 4.90. The van der Waals surface area contributed by atoms with Crippen molar-refractivity contribution in [2.24, 2.45) is 0 Å². The standard InChI is InChI=1S/C11H9F3O3/c1-17-9-5-3-2-4-7(9)8(6-10(15)16)11(12,13)14/h2-6H,1H3,(H,15,16)/b8-6+. The monoisotopic (exact) mass is 246 g/mol. The highest BCUT2D eigenvalue weighted by atomic mass is 19.4. The Labute approximate surface area is 95.1 Å². The molecule has 17 heavy (non-hydrogen) atoms. The van der Waals surface area contributed by atoms with Gasteiger partial charge in [0.15, 0.2) is 0 Å². The van der Waals surface area contributed by atoms with Gasteiger partial charge in [0.1, 0.15) is 5.75 Å². The number of carboxylic acid groups (broad SMARTS) is 1. The molecule has 1 N–H and O–H groups in total. The number of halogens is 3. The summed E-state index contributed by atoms with van der Waals surface area (Å²) in [6, 6.07) is 5.36. The SMILES string of the molecule is COc1ccccc1/C(=C\C(=O)O)C(F)(F)F. The van der Waals surface area contributed by atoms with Crippen molar-refractivity contribution in [3.05, 3.63) is 35.9 Å². The molecule has 0 radical (unpaired) electrons. The Hall–Kier alpha value is -1.98. The highest BCUT2D eigenvalue weighted by Gasteiger charge is 2.36. The number of rotatable bonds is 3. The Kier molecular flexibility index (Phi) is 3.77. The highest BCUT2D eigenvalue weighted by Crippen LogP contribution is 2.37. The fourth-order valence-corrected chi connectivity index (χ4v) is 1.30. The number of hydrogen-bond acceptors (Lipinski definition) is 2. The number of allylic oxidation sites excluding steroid dienone is 1. The van der Waals surface area contributed by atoms with Crippen LogP contribution >= 0.6 is 0 Å². The largest absolute Gasteiger partial charge is 0.496 e. The van der Waals surface area contributed by atoms with Gasteiger partial charge in [0.2, 0.25) is 0 Å². The molecule has 92 valence electrons. The van der Waals surface area contributed by atoms with Gasteiger partial charge in [0, 0.05) is 11.6 Å². The predicted molar refractivity (Wildman–Crippen MR) is 54.7 cm³/mol. The van der Waals surface area contributed by atoms with E-state index in [4.69, 9.17) is 9.84 Å². The summed E-state index contributed by atoms with van der Waals surface area (Å²) in [5.41, 5.74) is -1.55. The summed E-state index contributed by atoms with van der Waals surface area (Å²) in [4.78, 5) is 10.4. The summed E-state index contributed by atoms with van der Waals surface area (Å²) in [5.74, 6) is -1.69. The van der Waals surface area contributed by atoms with E-state index in [0.717, 1.165) is 6.07 Å². The van der Waals surface area contributed by atoms with E-state index in [1.807, 2.05) is 0 Å². The van der Waals surface area contributed by atoms with E-state index in [2.05, 4.69) is 0 Å². The van der Waals surface area contributed by atoms with Gasteiger partial charge >= 0.3 is 12.1 Å². The van der Waals surface area contributed by atoms with Gasteiger partial charge < -0.3 is 9.84 Å². The van der Waals surface area contributed by atoms with Crippen LogP contribution in [0.4, 0.5) is 13.2 Å². The van der Waals surface area contributed by atoms with E-state index in [-0.39, 0.29) is 17.4 Å². The Bertz CT molecular complexity index is 450. The van der Waals surface area contributed by atoms with E-state index < -0.39 is 17.7 Å². The normalized spacial score (nSPS) is 12.4. The van der Waals surface area contributed by atoms with Gasteiger partial charge in [-0.25, -0.2) is 4.79 Å². The second-order valence-corrected chi connectivity index (χ2v) is 3.09. The average Bonchev–Trinajstić information content (AvgIpc) is 2.24. The van der Waals surface area contributed by atoms with Crippen LogP contribution in [0.2, 0.25) is 0 Å². The molecule has 0 heterocycles. The third kappa shape index (κ3) is 3.24. The van der Waals surface area contributed by atoms with Gasteiger partial charge in [0.05, 0.1) is 12.7 Å². The van der Waals surface area contributed by atoms with Crippen LogP contribution in [0.3, 0.4) is 0 Å². The van der Waals surface area contributed by atoms with Gasteiger partial charge in [0.25, 0.3) is 0 Å².